The highest BCUT2D eigenvalue weighted by Crippen LogP contribution is 2.14. The van der Waals surface area contributed by atoms with Gasteiger partial charge < -0.3 is 20.3 Å². The first-order valence-corrected chi connectivity index (χ1v) is 10.2. The fourth-order valence-electron chi connectivity index (χ4n) is 3.26. The zero-order valence-corrected chi connectivity index (χ0v) is 18.0. The highest BCUT2D eigenvalue weighted by atomic mass is 16.5. The van der Waals surface area contributed by atoms with E-state index in [1.54, 1.807) is 0 Å². The molecular weight excluding hydrogens is 336 g/mol. The van der Waals surface area contributed by atoms with E-state index >= 15 is 0 Å². The van der Waals surface area contributed by atoms with Gasteiger partial charge in [-0.2, -0.15) is 0 Å². The summed E-state index contributed by atoms with van der Waals surface area (Å²) in [6.45, 7) is 14.5. The first-order valence-electron chi connectivity index (χ1n) is 10.2. The molecule has 1 heterocycles. The highest BCUT2D eigenvalue weighted by molar-refractivity contribution is 5.79. The van der Waals surface area contributed by atoms with Crippen molar-refractivity contribution in [2.24, 2.45) is 4.99 Å². The molecule has 0 radical (unpaired) electrons. The monoisotopic (exact) mass is 374 g/mol. The van der Waals surface area contributed by atoms with E-state index in [9.17, 15) is 0 Å². The summed E-state index contributed by atoms with van der Waals surface area (Å²) in [6.07, 6.45) is 2.33. The first kappa shape index (κ1) is 21.7. The van der Waals surface area contributed by atoms with Crippen molar-refractivity contribution in [3.63, 3.8) is 0 Å². The number of likely N-dealkylation sites (tertiary alicyclic amines) is 1. The zero-order valence-electron chi connectivity index (χ0n) is 18.0. The maximum absolute atomic E-state index is 5.88. The van der Waals surface area contributed by atoms with Crippen molar-refractivity contribution in [2.45, 2.75) is 78.3 Å². The van der Waals surface area contributed by atoms with Crippen LogP contribution in [-0.2, 0) is 17.9 Å². The predicted molar refractivity (Wildman–Crippen MR) is 114 cm³/mol. The van der Waals surface area contributed by atoms with Crippen LogP contribution >= 0.6 is 0 Å². The summed E-state index contributed by atoms with van der Waals surface area (Å²) < 4.78 is 5.88. The van der Waals surface area contributed by atoms with Gasteiger partial charge in [0.15, 0.2) is 5.96 Å². The van der Waals surface area contributed by atoms with Crippen LogP contribution in [0, 0.1) is 0 Å². The number of aliphatic imine (C=N–C) groups is 1. The molecular formula is C22H38N4O. The molecule has 1 aromatic carbocycles. The topological polar surface area (TPSA) is 48.9 Å². The molecule has 1 saturated heterocycles. The van der Waals surface area contributed by atoms with Gasteiger partial charge in [-0.25, -0.2) is 0 Å². The summed E-state index contributed by atoms with van der Waals surface area (Å²) in [5, 5.41) is 7.03. The molecule has 5 heteroatoms. The predicted octanol–water partition coefficient (Wildman–Crippen LogP) is 3.54. The van der Waals surface area contributed by atoms with Crippen molar-refractivity contribution < 1.29 is 4.74 Å². The van der Waals surface area contributed by atoms with E-state index in [4.69, 9.17) is 4.74 Å². The van der Waals surface area contributed by atoms with Gasteiger partial charge in [-0.1, -0.05) is 24.3 Å². The number of rotatable bonds is 6. The minimum absolute atomic E-state index is 0.120. The lowest BCUT2D eigenvalue weighted by molar-refractivity contribution is -0.0149. The molecule has 2 N–H and O–H groups in total. The van der Waals surface area contributed by atoms with Gasteiger partial charge in [0.2, 0.25) is 0 Å². The van der Waals surface area contributed by atoms with E-state index in [1.165, 1.54) is 24.0 Å². The van der Waals surface area contributed by atoms with Crippen molar-refractivity contribution in [1.82, 2.24) is 15.5 Å². The van der Waals surface area contributed by atoms with E-state index in [0.717, 1.165) is 25.6 Å². The van der Waals surface area contributed by atoms with E-state index in [2.05, 4.69) is 79.4 Å². The number of guanidine groups is 1. The number of hydrogen-bond acceptors (Lipinski definition) is 3. The van der Waals surface area contributed by atoms with E-state index in [-0.39, 0.29) is 5.60 Å². The Bertz CT molecular complexity index is 599. The van der Waals surface area contributed by atoms with Gasteiger partial charge in [0.1, 0.15) is 0 Å². The Labute approximate surface area is 165 Å². The molecule has 0 aromatic heterocycles. The third-order valence-corrected chi connectivity index (χ3v) is 4.95. The minimum atomic E-state index is -0.120. The van der Waals surface area contributed by atoms with Crippen LogP contribution < -0.4 is 10.6 Å². The zero-order chi connectivity index (χ0) is 19.9. The molecule has 0 unspecified atom stereocenters. The Morgan fingerprint density at radius 2 is 1.89 bits per heavy atom. The quantitative estimate of drug-likeness (QED) is 0.591. The summed E-state index contributed by atoms with van der Waals surface area (Å²) in [6, 6.07) is 9.69. The Balaban J connectivity index is 1.80. The Morgan fingerprint density at radius 1 is 1.22 bits per heavy atom. The number of ether oxygens (including phenoxy) is 1. The van der Waals surface area contributed by atoms with Gasteiger partial charge in [0, 0.05) is 38.8 Å². The van der Waals surface area contributed by atoms with Crippen LogP contribution in [0.3, 0.4) is 0 Å². The molecule has 1 fully saturated rings. The van der Waals surface area contributed by atoms with Crippen molar-refractivity contribution in [2.75, 3.05) is 20.1 Å². The molecule has 1 aliphatic heterocycles. The van der Waals surface area contributed by atoms with Crippen LogP contribution in [0.2, 0.25) is 0 Å². The van der Waals surface area contributed by atoms with Gasteiger partial charge in [-0.3, -0.25) is 4.99 Å². The van der Waals surface area contributed by atoms with Gasteiger partial charge >= 0.3 is 0 Å². The van der Waals surface area contributed by atoms with Crippen molar-refractivity contribution in [1.29, 1.82) is 0 Å². The minimum Gasteiger partial charge on any atom is -0.371 e. The average molecular weight is 375 g/mol. The van der Waals surface area contributed by atoms with Crippen LogP contribution in [-0.4, -0.2) is 48.7 Å². The molecule has 0 bridgehead atoms. The van der Waals surface area contributed by atoms with E-state index in [1.807, 2.05) is 7.05 Å². The standard InChI is InChI=1S/C22H38N4O/c1-17(2)26-12-10-20(11-13-26)25-21(23-6)24-15-18-8-7-9-19(14-18)16-27-22(3,4)5/h7-9,14,17,20H,10-13,15-16H2,1-6H3,(H2,23,24,25). The maximum Gasteiger partial charge on any atom is 0.191 e. The summed E-state index contributed by atoms with van der Waals surface area (Å²) in [7, 11) is 1.84. The SMILES string of the molecule is CN=C(NCc1cccc(COC(C)(C)C)c1)NC1CCN(C(C)C)CC1. The van der Waals surface area contributed by atoms with E-state index in [0.29, 0.717) is 18.7 Å². The average Bonchev–Trinajstić information content (AvgIpc) is 2.63. The largest absolute Gasteiger partial charge is 0.371 e. The smallest absolute Gasteiger partial charge is 0.191 e. The molecule has 0 spiro atoms. The molecule has 0 saturated carbocycles. The van der Waals surface area contributed by atoms with Crippen LogP contribution in [0.4, 0.5) is 0 Å². The number of hydrogen-bond donors (Lipinski definition) is 2. The second kappa shape index (κ2) is 10.1. The lowest BCUT2D eigenvalue weighted by Crippen LogP contribution is -2.49. The summed E-state index contributed by atoms with van der Waals surface area (Å²) >= 11 is 0. The number of nitrogens with zero attached hydrogens (tertiary/aromatic N) is 2. The fourth-order valence-corrected chi connectivity index (χ4v) is 3.26. The molecule has 1 aliphatic rings. The Kier molecular flexibility index (Phi) is 8.11. The summed E-state index contributed by atoms with van der Waals surface area (Å²) in [4.78, 5) is 6.94. The Morgan fingerprint density at radius 3 is 2.48 bits per heavy atom. The van der Waals surface area contributed by atoms with Crippen LogP contribution in [0.5, 0.6) is 0 Å². The molecule has 27 heavy (non-hydrogen) atoms. The number of piperidine rings is 1. The first-order chi connectivity index (χ1) is 12.8. The normalized spacial score (nSPS) is 17.4. The van der Waals surface area contributed by atoms with Crippen LogP contribution in [0.15, 0.2) is 29.3 Å². The van der Waals surface area contributed by atoms with E-state index < -0.39 is 0 Å². The van der Waals surface area contributed by atoms with Gasteiger partial charge in [0.05, 0.1) is 12.2 Å². The molecule has 0 atom stereocenters. The lowest BCUT2D eigenvalue weighted by Gasteiger charge is -2.35. The molecule has 0 amide bonds. The number of nitrogens with one attached hydrogen (secondary N) is 2. The fraction of sp³-hybridized carbons (Fsp3) is 0.682. The highest BCUT2D eigenvalue weighted by Gasteiger charge is 2.21. The van der Waals surface area contributed by atoms with Crippen molar-refractivity contribution in [3.05, 3.63) is 35.4 Å². The Hall–Kier alpha value is -1.59. The molecule has 0 aliphatic carbocycles. The van der Waals surface area contributed by atoms with Gasteiger partial charge in [-0.15, -0.1) is 0 Å². The van der Waals surface area contributed by atoms with Gasteiger partial charge in [0.25, 0.3) is 0 Å². The van der Waals surface area contributed by atoms with Crippen LogP contribution in [0.25, 0.3) is 0 Å². The van der Waals surface area contributed by atoms with Crippen molar-refractivity contribution >= 4 is 5.96 Å². The summed E-state index contributed by atoms with van der Waals surface area (Å²) in [5.41, 5.74) is 2.32. The number of benzene rings is 1. The molecule has 1 aromatic rings. The molecule has 2 rings (SSSR count). The molecule has 5 nitrogen and oxygen atoms in total. The maximum atomic E-state index is 5.88. The summed E-state index contributed by atoms with van der Waals surface area (Å²) in [5.74, 6) is 0.884. The lowest BCUT2D eigenvalue weighted by atomic mass is 10.0. The second-order valence-electron chi connectivity index (χ2n) is 8.70. The second-order valence-corrected chi connectivity index (χ2v) is 8.70. The van der Waals surface area contributed by atoms with Crippen LogP contribution in [0.1, 0.15) is 58.6 Å². The van der Waals surface area contributed by atoms with Crippen molar-refractivity contribution in [3.8, 4) is 0 Å². The van der Waals surface area contributed by atoms with Gasteiger partial charge in [-0.05, 0) is 58.6 Å². The molecule has 152 valence electrons. The third kappa shape index (κ3) is 7.89. The third-order valence-electron chi connectivity index (χ3n) is 4.95.